The molecule has 1 aliphatic heterocycles. The van der Waals surface area contributed by atoms with Gasteiger partial charge in [0.05, 0.1) is 6.04 Å². The maximum absolute atomic E-state index is 12.7. The second-order valence-corrected chi connectivity index (χ2v) is 7.14. The van der Waals surface area contributed by atoms with E-state index in [2.05, 4.69) is 29.2 Å². The zero-order chi connectivity index (χ0) is 19.8. The van der Waals surface area contributed by atoms with Crippen LogP contribution in [-0.2, 0) is 20.9 Å². The fourth-order valence-corrected chi connectivity index (χ4v) is 3.30. The largest absolute Gasteiger partial charge is 0.356 e. The quantitative estimate of drug-likeness (QED) is 0.700. The Morgan fingerprint density at radius 3 is 2.59 bits per heavy atom. The van der Waals surface area contributed by atoms with E-state index in [1.54, 1.807) is 0 Å². The summed E-state index contributed by atoms with van der Waals surface area (Å²) in [5, 5.41) is 6.72. The van der Waals surface area contributed by atoms with Crippen LogP contribution in [0.1, 0.15) is 40.0 Å². The van der Waals surface area contributed by atoms with E-state index in [0.29, 0.717) is 45.4 Å². The predicted octanol–water partition coefficient (Wildman–Crippen LogP) is 0.280. The lowest BCUT2D eigenvalue weighted by atomic mass is 9.99. The summed E-state index contributed by atoms with van der Waals surface area (Å²) in [6, 6.07) is -0.0258. The van der Waals surface area contributed by atoms with Gasteiger partial charge in [-0.3, -0.25) is 14.4 Å². The lowest BCUT2D eigenvalue weighted by molar-refractivity contribution is -0.145. The highest BCUT2D eigenvalue weighted by molar-refractivity contribution is 5.80. The first-order valence-corrected chi connectivity index (χ1v) is 9.58. The van der Waals surface area contributed by atoms with Crippen molar-refractivity contribution in [2.24, 2.45) is 5.92 Å². The van der Waals surface area contributed by atoms with Gasteiger partial charge in [-0.1, -0.05) is 13.8 Å². The zero-order valence-electron chi connectivity index (χ0n) is 16.4. The molecule has 150 valence electrons. The molecular formula is C18H30N6O3. The summed E-state index contributed by atoms with van der Waals surface area (Å²) in [4.78, 5) is 44.2. The second kappa shape index (κ2) is 10.0. The molecule has 1 aliphatic rings. The number of nitrogens with zero attached hydrogens (tertiary/aromatic N) is 5. The summed E-state index contributed by atoms with van der Waals surface area (Å²) in [7, 11) is 0. The van der Waals surface area contributed by atoms with Crippen LogP contribution in [0.4, 0.5) is 0 Å². The van der Waals surface area contributed by atoms with Crippen molar-refractivity contribution in [1.29, 1.82) is 0 Å². The van der Waals surface area contributed by atoms with Gasteiger partial charge in [-0.05, 0) is 19.3 Å². The maximum Gasteiger partial charge on any atom is 0.244 e. The highest BCUT2D eigenvalue weighted by Gasteiger charge is 2.34. The molecule has 0 bridgehead atoms. The third-order valence-electron chi connectivity index (χ3n) is 4.79. The normalized spacial score (nSPS) is 17.3. The highest BCUT2D eigenvalue weighted by Crippen LogP contribution is 2.19. The standard InChI is InChI=1S/C18H30N6O3/c1-4-20-16(25)6-5-7-17(26)22-8-9-24(15(10-22)14(2)3)18(27)11-23-13-19-12-21-23/h12-15H,4-11H2,1-3H3,(H,20,25)/t15-/m1/s1. The van der Waals surface area contributed by atoms with Crippen LogP contribution >= 0.6 is 0 Å². The fraction of sp³-hybridized carbons (Fsp3) is 0.722. The summed E-state index contributed by atoms with van der Waals surface area (Å²) in [5.74, 6) is 0.250. The molecular weight excluding hydrogens is 348 g/mol. The Hall–Kier alpha value is -2.45. The molecule has 2 rings (SSSR count). The Balaban J connectivity index is 1.87. The van der Waals surface area contributed by atoms with Crippen molar-refractivity contribution in [1.82, 2.24) is 29.9 Å². The first kappa shape index (κ1) is 20.9. The van der Waals surface area contributed by atoms with E-state index in [1.165, 1.54) is 17.3 Å². The average molecular weight is 378 g/mol. The molecule has 9 heteroatoms. The van der Waals surface area contributed by atoms with E-state index in [0.717, 1.165) is 0 Å². The number of amides is 3. The van der Waals surface area contributed by atoms with Crippen molar-refractivity contribution in [3.8, 4) is 0 Å². The number of rotatable bonds is 8. The van der Waals surface area contributed by atoms with E-state index in [-0.39, 0.29) is 36.2 Å². The molecule has 0 saturated carbocycles. The van der Waals surface area contributed by atoms with Crippen LogP contribution < -0.4 is 5.32 Å². The molecule has 1 saturated heterocycles. The Labute approximate surface area is 160 Å². The van der Waals surface area contributed by atoms with Gasteiger partial charge in [0.1, 0.15) is 19.2 Å². The number of carbonyl (C=O) groups excluding carboxylic acids is 3. The first-order valence-electron chi connectivity index (χ1n) is 9.58. The minimum atomic E-state index is -0.0258. The van der Waals surface area contributed by atoms with Crippen LogP contribution in [0.15, 0.2) is 12.7 Å². The number of hydrogen-bond acceptors (Lipinski definition) is 5. The summed E-state index contributed by atoms with van der Waals surface area (Å²) in [5.41, 5.74) is 0. The highest BCUT2D eigenvalue weighted by atomic mass is 16.2. The lowest BCUT2D eigenvalue weighted by Gasteiger charge is -2.43. The number of aromatic nitrogens is 3. The summed E-state index contributed by atoms with van der Waals surface area (Å²) in [6.07, 6.45) is 4.20. The topological polar surface area (TPSA) is 100 Å². The van der Waals surface area contributed by atoms with Crippen molar-refractivity contribution in [3.63, 3.8) is 0 Å². The van der Waals surface area contributed by atoms with E-state index in [9.17, 15) is 14.4 Å². The van der Waals surface area contributed by atoms with Crippen LogP contribution in [0.3, 0.4) is 0 Å². The molecule has 0 unspecified atom stereocenters. The van der Waals surface area contributed by atoms with E-state index < -0.39 is 0 Å². The number of carbonyl (C=O) groups is 3. The van der Waals surface area contributed by atoms with Gasteiger partial charge in [-0.25, -0.2) is 9.67 Å². The molecule has 3 amide bonds. The molecule has 1 atom stereocenters. The number of piperazine rings is 1. The summed E-state index contributed by atoms with van der Waals surface area (Å²) in [6.45, 7) is 8.31. The van der Waals surface area contributed by atoms with Crippen LogP contribution in [0.25, 0.3) is 0 Å². The van der Waals surface area contributed by atoms with Crippen molar-refractivity contribution in [3.05, 3.63) is 12.7 Å². The van der Waals surface area contributed by atoms with Gasteiger partial charge in [0.15, 0.2) is 0 Å². The van der Waals surface area contributed by atoms with Gasteiger partial charge >= 0.3 is 0 Å². The van der Waals surface area contributed by atoms with E-state index in [4.69, 9.17) is 0 Å². The molecule has 1 fully saturated rings. The van der Waals surface area contributed by atoms with E-state index >= 15 is 0 Å². The molecule has 0 spiro atoms. The Bertz CT molecular complexity index is 631. The molecule has 9 nitrogen and oxygen atoms in total. The van der Waals surface area contributed by atoms with Gasteiger partial charge in [0.2, 0.25) is 17.7 Å². The molecule has 1 aromatic heterocycles. The van der Waals surface area contributed by atoms with Crippen LogP contribution in [0, 0.1) is 5.92 Å². The van der Waals surface area contributed by atoms with Gasteiger partial charge in [-0.2, -0.15) is 5.10 Å². The average Bonchev–Trinajstić information content (AvgIpc) is 3.14. The minimum Gasteiger partial charge on any atom is -0.356 e. The Morgan fingerprint density at radius 1 is 1.19 bits per heavy atom. The van der Waals surface area contributed by atoms with Gasteiger partial charge in [0.25, 0.3) is 0 Å². The minimum absolute atomic E-state index is 0.0115. The smallest absolute Gasteiger partial charge is 0.244 e. The summed E-state index contributed by atoms with van der Waals surface area (Å²) < 4.78 is 1.51. The predicted molar refractivity (Wildman–Crippen MR) is 99.5 cm³/mol. The maximum atomic E-state index is 12.7. The van der Waals surface area contributed by atoms with Crippen LogP contribution in [-0.4, -0.2) is 74.5 Å². The zero-order valence-corrected chi connectivity index (χ0v) is 16.4. The first-order chi connectivity index (χ1) is 12.9. The van der Waals surface area contributed by atoms with Crippen LogP contribution in [0.2, 0.25) is 0 Å². The van der Waals surface area contributed by atoms with Gasteiger partial charge in [0, 0.05) is 39.0 Å². The van der Waals surface area contributed by atoms with Crippen LogP contribution in [0.5, 0.6) is 0 Å². The van der Waals surface area contributed by atoms with Crippen molar-refractivity contribution in [2.75, 3.05) is 26.2 Å². The van der Waals surface area contributed by atoms with Gasteiger partial charge in [-0.15, -0.1) is 0 Å². The van der Waals surface area contributed by atoms with Crippen molar-refractivity contribution < 1.29 is 14.4 Å². The number of hydrogen-bond donors (Lipinski definition) is 1. The molecule has 0 aromatic carbocycles. The summed E-state index contributed by atoms with van der Waals surface area (Å²) >= 11 is 0. The van der Waals surface area contributed by atoms with E-state index in [1.807, 2.05) is 16.7 Å². The molecule has 27 heavy (non-hydrogen) atoms. The molecule has 2 heterocycles. The van der Waals surface area contributed by atoms with Crippen molar-refractivity contribution in [2.45, 2.75) is 52.6 Å². The fourth-order valence-electron chi connectivity index (χ4n) is 3.30. The number of nitrogens with one attached hydrogen (secondary N) is 1. The molecule has 0 aliphatic carbocycles. The third-order valence-corrected chi connectivity index (χ3v) is 4.79. The SMILES string of the molecule is CCNC(=O)CCCC(=O)N1CCN(C(=O)Cn2cncn2)[C@@H](C(C)C)C1. The molecule has 1 N–H and O–H groups in total. The third kappa shape index (κ3) is 6.04. The van der Waals surface area contributed by atoms with Crippen molar-refractivity contribution >= 4 is 17.7 Å². The lowest BCUT2D eigenvalue weighted by Crippen LogP contribution is -2.58. The molecule has 1 aromatic rings. The second-order valence-electron chi connectivity index (χ2n) is 7.14. The Morgan fingerprint density at radius 2 is 1.96 bits per heavy atom. The van der Waals surface area contributed by atoms with Gasteiger partial charge < -0.3 is 15.1 Å². The molecule has 0 radical (unpaired) electrons. The monoisotopic (exact) mass is 378 g/mol. The Kier molecular flexibility index (Phi) is 7.75.